The molecule has 5 nitrogen and oxygen atoms in total. The molecule has 2 aliphatic rings. The maximum absolute atomic E-state index is 13.5. The van der Waals surface area contributed by atoms with E-state index in [1.165, 1.54) is 6.07 Å². The van der Waals surface area contributed by atoms with Crippen molar-refractivity contribution in [2.45, 2.75) is 38.5 Å². The minimum atomic E-state index is -0.401. The minimum Gasteiger partial charge on any atom is -0.455 e. The molecule has 2 atom stereocenters. The number of hydrogen-bond donors (Lipinski definition) is 1. The highest BCUT2D eigenvalue weighted by atomic mass is 19.1. The van der Waals surface area contributed by atoms with E-state index in [2.05, 4.69) is 5.32 Å². The summed E-state index contributed by atoms with van der Waals surface area (Å²) < 4.78 is 18.6. The Kier molecular flexibility index (Phi) is 6.01. The molecule has 6 heteroatoms. The number of halogens is 1. The van der Waals surface area contributed by atoms with Crippen molar-refractivity contribution in [3.05, 3.63) is 35.6 Å². The summed E-state index contributed by atoms with van der Waals surface area (Å²) in [5.74, 6) is -1.12. The highest BCUT2D eigenvalue weighted by Gasteiger charge is 2.41. The molecule has 0 heterocycles. The standard InChI is InChI=1S/C20H24FNO4/c21-17-7-2-1-4-13(17)8-9-22-18(23)12-26-20(25)16-10-14-5-3-6-15(11-16)19(14)24/h1-2,4,7,14-16H,3,5-6,8-12H2,(H,22,23)/t14-,15-/m1/s1. The summed E-state index contributed by atoms with van der Waals surface area (Å²) in [7, 11) is 0. The van der Waals surface area contributed by atoms with Gasteiger partial charge in [0.15, 0.2) is 6.61 Å². The number of rotatable bonds is 6. The number of esters is 1. The smallest absolute Gasteiger partial charge is 0.309 e. The third-order valence-electron chi connectivity index (χ3n) is 5.40. The highest BCUT2D eigenvalue weighted by Crippen LogP contribution is 2.40. The van der Waals surface area contributed by atoms with Gasteiger partial charge in [0.05, 0.1) is 5.92 Å². The Hall–Kier alpha value is -2.24. The Morgan fingerprint density at radius 3 is 2.54 bits per heavy atom. The third kappa shape index (κ3) is 4.48. The fourth-order valence-electron chi connectivity index (χ4n) is 4.02. The predicted octanol–water partition coefficient (Wildman–Crippen LogP) is 2.42. The molecular formula is C20H24FNO4. The second-order valence-corrected chi connectivity index (χ2v) is 7.19. The first-order valence-electron chi connectivity index (χ1n) is 9.25. The van der Waals surface area contributed by atoms with Gasteiger partial charge in [-0.05, 0) is 43.7 Å². The average molecular weight is 361 g/mol. The van der Waals surface area contributed by atoms with Crippen molar-refractivity contribution in [3.8, 4) is 0 Å². The van der Waals surface area contributed by atoms with Gasteiger partial charge in [0, 0.05) is 18.4 Å². The van der Waals surface area contributed by atoms with Crippen LogP contribution in [0.15, 0.2) is 24.3 Å². The summed E-state index contributed by atoms with van der Waals surface area (Å²) >= 11 is 0. The lowest BCUT2D eigenvalue weighted by Crippen LogP contribution is -2.40. The number of carbonyl (C=O) groups excluding carboxylic acids is 3. The molecule has 26 heavy (non-hydrogen) atoms. The maximum atomic E-state index is 13.5. The molecule has 1 aromatic carbocycles. The van der Waals surface area contributed by atoms with Gasteiger partial charge in [-0.3, -0.25) is 14.4 Å². The van der Waals surface area contributed by atoms with E-state index in [1.807, 2.05) is 0 Å². The molecule has 0 aromatic heterocycles. The number of amides is 1. The van der Waals surface area contributed by atoms with Crippen LogP contribution >= 0.6 is 0 Å². The molecule has 140 valence electrons. The van der Waals surface area contributed by atoms with Gasteiger partial charge in [-0.1, -0.05) is 24.6 Å². The molecule has 3 rings (SSSR count). The Morgan fingerprint density at radius 2 is 1.85 bits per heavy atom. The molecule has 0 unspecified atom stereocenters. The van der Waals surface area contributed by atoms with Crippen LogP contribution in [0.2, 0.25) is 0 Å². The van der Waals surface area contributed by atoms with E-state index in [9.17, 15) is 18.8 Å². The number of ether oxygens (including phenoxy) is 1. The zero-order chi connectivity index (χ0) is 18.5. The number of nitrogens with one attached hydrogen (secondary N) is 1. The van der Waals surface area contributed by atoms with E-state index < -0.39 is 11.9 Å². The van der Waals surface area contributed by atoms with E-state index in [0.717, 1.165) is 19.3 Å². The Morgan fingerprint density at radius 1 is 1.15 bits per heavy atom. The van der Waals surface area contributed by atoms with E-state index in [0.29, 0.717) is 30.6 Å². The van der Waals surface area contributed by atoms with Crippen molar-refractivity contribution >= 4 is 17.7 Å². The quantitative estimate of drug-likeness (QED) is 0.790. The molecule has 0 radical (unpaired) electrons. The topological polar surface area (TPSA) is 72.5 Å². The number of hydrogen-bond acceptors (Lipinski definition) is 4. The number of fused-ring (bicyclic) bond motifs is 2. The van der Waals surface area contributed by atoms with Gasteiger partial charge in [0.25, 0.3) is 5.91 Å². The van der Waals surface area contributed by atoms with Gasteiger partial charge in [-0.15, -0.1) is 0 Å². The maximum Gasteiger partial charge on any atom is 0.309 e. The van der Waals surface area contributed by atoms with E-state index in [-0.39, 0.29) is 36.7 Å². The first-order chi connectivity index (χ1) is 12.5. The van der Waals surface area contributed by atoms with Crippen LogP contribution in [0.5, 0.6) is 0 Å². The zero-order valence-electron chi connectivity index (χ0n) is 14.7. The van der Waals surface area contributed by atoms with Crippen LogP contribution in [0.4, 0.5) is 4.39 Å². The Labute approximate surface area is 152 Å². The van der Waals surface area contributed by atoms with Crippen molar-refractivity contribution < 1.29 is 23.5 Å². The van der Waals surface area contributed by atoms with Crippen molar-refractivity contribution in [1.29, 1.82) is 0 Å². The van der Waals surface area contributed by atoms with Crippen molar-refractivity contribution in [3.63, 3.8) is 0 Å². The van der Waals surface area contributed by atoms with Crippen molar-refractivity contribution in [1.82, 2.24) is 5.32 Å². The van der Waals surface area contributed by atoms with Crippen LogP contribution in [0.3, 0.4) is 0 Å². The molecule has 2 saturated carbocycles. The lowest BCUT2D eigenvalue weighted by Gasteiger charge is -2.36. The molecule has 2 bridgehead atoms. The van der Waals surface area contributed by atoms with Gasteiger partial charge in [-0.25, -0.2) is 4.39 Å². The zero-order valence-corrected chi connectivity index (χ0v) is 14.7. The van der Waals surface area contributed by atoms with Crippen LogP contribution in [0.25, 0.3) is 0 Å². The van der Waals surface area contributed by atoms with Crippen LogP contribution < -0.4 is 5.32 Å². The molecule has 0 saturated heterocycles. The SMILES string of the molecule is O=C(COC(=O)C1C[C@H]2CCC[C@H](C1)C2=O)NCCc1ccccc1F. The van der Waals surface area contributed by atoms with Crippen LogP contribution in [-0.2, 0) is 25.5 Å². The fraction of sp³-hybridized carbons (Fsp3) is 0.550. The summed E-state index contributed by atoms with van der Waals surface area (Å²) in [4.78, 5) is 36.1. The Bertz CT molecular complexity index is 674. The lowest BCUT2D eigenvalue weighted by molar-refractivity contribution is -0.156. The number of carbonyl (C=O) groups is 3. The third-order valence-corrected chi connectivity index (χ3v) is 5.40. The van der Waals surface area contributed by atoms with Gasteiger partial charge < -0.3 is 10.1 Å². The summed E-state index contributed by atoms with van der Waals surface area (Å²) in [6, 6.07) is 6.40. The lowest BCUT2D eigenvalue weighted by atomic mass is 9.67. The van der Waals surface area contributed by atoms with Crippen LogP contribution in [0, 0.1) is 23.6 Å². The Balaban J connectivity index is 1.38. The van der Waals surface area contributed by atoms with Crippen LogP contribution in [0.1, 0.15) is 37.7 Å². The molecule has 0 spiro atoms. The van der Waals surface area contributed by atoms with Crippen molar-refractivity contribution in [2.75, 3.05) is 13.2 Å². The van der Waals surface area contributed by atoms with E-state index in [1.54, 1.807) is 18.2 Å². The molecule has 2 fully saturated rings. The van der Waals surface area contributed by atoms with E-state index in [4.69, 9.17) is 4.74 Å². The molecular weight excluding hydrogens is 337 g/mol. The second kappa shape index (κ2) is 8.43. The molecule has 2 aliphatic carbocycles. The molecule has 1 N–H and O–H groups in total. The summed E-state index contributed by atoms with van der Waals surface area (Å²) in [5, 5.41) is 2.63. The molecule has 0 aliphatic heterocycles. The number of ketones is 1. The van der Waals surface area contributed by atoms with Crippen molar-refractivity contribution in [2.24, 2.45) is 17.8 Å². The van der Waals surface area contributed by atoms with E-state index >= 15 is 0 Å². The summed E-state index contributed by atoms with van der Waals surface area (Å²) in [5.41, 5.74) is 0.531. The van der Waals surface area contributed by atoms with Gasteiger partial charge >= 0.3 is 5.97 Å². The molecule has 1 amide bonds. The van der Waals surface area contributed by atoms with Crippen LogP contribution in [-0.4, -0.2) is 30.8 Å². The first kappa shape index (κ1) is 18.5. The van der Waals surface area contributed by atoms with Gasteiger partial charge in [-0.2, -0.15) is 0 Å². The number of Topliss-reactive ketones (excluding diaryl/α,β-unsaturated/α-hetero) is 1. The monoisotopic (exact) mass is 361 g/mol. The first-order valence-corrected chi connectivity index (χ1v) is 9.25. The second-order valence-electron chi connectivity index (χ2n) is 7.19. The van der Waals surface area contributed by atoms with Gasteiger partial charge in [0.2, 0.25) is 0 Å². The summed E-state index contributed by atoms with van der Waals surface area (Å²) in [6.07, 6.45) is 4.23. The largest absolute Gasteiger partial charge is 0.455 e. The molecule has 1 aromatic rings. The van der Waals surface area contributed by atoms with Gasteiger partial charge in [0.1, 0.15) is 11.6 Å². The fourth-order valence-corrected chi connectivity index (χ4v) is 4.02. The number of benzene rings is 1. The predicted molar refractivity (Wildman–Crippen MR) is 92.6 cm³/mol. The highest BCUT2D eigenvalue weighted by molar-refractivity contribution is 5.87. The summed E-state index contributed by atoms with van der Waals surface area (Å²) in [6.45, 7) is -0.0602. The average Bonchev–Trinajstić information content (AvgIpc) is 2.61. The minimum absolute atomic E-state index is 0.0188. The normalized spacial score (nSPS) is 24.8.